The average molecular weight is 224 g/mol. The van der Waals surface area contributed by atoms with E-state index in [1.807, 2.05) is 6.07 Å². The van der Waals surface area contributed by atoms with E-state index in [9.17, 15) is 0 Å². The predicted molar refractivity (Wildman–Crippen MR) is 54.3 cm³/mol. The van der Waals surface area contributed by atoms with Gasteiger partial charge in [-0.1, -0.05) is 23.2 Å². The summed E-state index contributed by atoms with van der Waals surface area (Å²) in [6, 6.07) is 5.37. The van der Waals surface area contributed by atoms with E-state index in [1.54, 1.807) is 18.3 Å². The van der Waals surface area contributed by atoms with Crippen molar-refractivity contribution in [3.63, 3.8) is 0 Å². The van der Waals surface area contributed by atoms with Crippen LogP contribution in [0.2, 0.25) is 10.2 Å². The maximum atomic E-state index is 8.78. The number of rotatable bonds is 0. The normalized spacial score (nSPS) is 10.1. The molecule has 0 bridgehead atoms. The van der Waals surface area contributed by atoms with Crippen LogP contribution in [0.1, 0.15) is 5.56 Å². The summed E-state index contributed by atoms with van der Waals surface area (Å²) < 4.78 is 0. The minimum Gasteiger partial charge on any atom is -0.237 e. The van der Waals surface area contributed by atoms with E-state index in [4.69, 9.17) is 28.5 Å². The smallest absolute Gasteiger partial charge is 0.162 e. The summed E-state index contributed by atoms with van der Waals surface area (Å²) in [4.78, 5) is 7.94. The molecule has 0 atom stereocenters. The van der Waals surface area contributed by atoms with Gasteiger partial charge in [0.05, 0.1) is 5.02 Å². The van der Waals surface area contributed by atoms with Crippen molar-refractivity contribution in [1.82, 2.24) is 9.97 Å². The van der Waals surface area contributed by atoms with Crippen molar-refractivity contribution in [2.45, 2.75) is 0 Å². The highest BCUT2D eigenvalue weighted by atomic mass is 35.5. The second-order valence-corrected chi connectivity index (χ2v) is 3.31. The molecule has 2 aromatic heterocycles. The lowest BCUT2D eigenvalue weighted by atomic mass is 10.2. The molecule has 0 saturated heterocycles. The fraction of sp³-hybridized carbons (Fsp3) is 0. The molecule has 0 aliphatic rings. The maximum Gasteiger partial charge on any atom is 0.162 e. The zero-order valence-electron chi connectivity index (χ0n) is 6.83. The molecular formula is C9H3Cl2N3. The fourth-order valence-electron chi connectivity index (χ4n) is 1.13. The van der Waals surface area contributed by atoms with Crippen LogP contribution in [0.5, 0.6) is 0 Å². The number of halogens is 2. The summed E-state index contributed by atoms with van der Waals surface area (Å²) >= 11 is 11.7. The zero-order valence-corrected chi connectivity index (χ0v) is 8.34. The van der Waals surface area contributed by atoms with E-state index >= 15 is 0 Å². The van der Waals surface area contributed by atoms with Crippen molar-refractivity contribution < 1.29 is 0 Å². The fourth-order valence-corrected chi connectivity index (χ4v) is 1.67. The molecule has 2 aromatic rings. The highest BCUT2D eigenvalue weighted by Crippen LogP contribution is 2.28. The first-order chi connectivity index (χ1) is 6.74. The topological polar surface area (TPSA) is 49.6 Å². The summed E-state index contributed by atoms with van der Waals surface area (Å²) in [5.41, 5.74) is 0.635. The van der Waals surface area contributed by atoms with Crippen molar-refractivity contribution in [3.05, 3.63) is 34.1 Å². The van der Waals surface area contributed by atoms with Crippen LogP contribution in [0.25, 0.3) is 11.0 Å². The number of pyridine rings is 2. The Morgan fingerprint density at radius 2 is 2.14 bits per heavy atom. The Kier molecular flexibility index (Phi) is 2.24. The molecule has 0 aliphatic carbocycles. The average Bonchev–Trinajstić information content (AvgIpc) is 2.18. The molecule has 3 nitrogen and oxygen atoms in total. The SMILES string of the molecule is N#Cc1c(Cl)nc2ncccc2c1Cl. The Hall–Kier alpha value is -1.37. The number of aromatic nitrogens is 2. The summed E-state index contributed by atoms with van der Waals surface area (Å²) in [6.07, 6.45) is 1.59. The van der Waals surface area contributed by atoms with Gasteiger partial charge < -0.3 is 0 Å². The van der Waals surface area contributed by atoms with E-state index in [1.165, 1.54) is 0 Å². The van der Waals surface area contributed by atoms with Crippen molar-refractivity contribution in [2.24, 2.45) is 0 Å². The highest BCUT2D eigenvalue weighted by Gasteiger charge is 2.11. The zero-order chi connectivity index (χ0) is 10.1. The van der Waals surface area contributed by atoms with Gasteiger partial charge in [-0.05, 0) is 12.1 Å². The predicted octanol–water partition coefficient (Wildman–Crippen LogP) is 2.81. The highest BCUT2D eigenvalue weighted by molar-refractivity contribution is 6.39. The van der Waals surface area contributed by atoms with Gasteiger partial charge in [0.15, 0.2) is 10.8 Å². The van der Waals surface area contributed by atoms with Crippen LogP contribution >= 0.6 is 23.2 Å². The lowest BCUT2D eigenvalue weighted by molar-refractivity contribution is 1.27. The summed E-state index contributed by atoms with van der Waals surface area (Å²) in [5, 5.41) is 9.80. The second kappa shape index (κ2) is 3.41. The Labute approximate surface area is 89.9 Å². The molecule has 68 valence electrons. The van der Waals surface area contributed by atoms with Crippen LogP contribution in [0.15, 0.2) is 18.3 Å². The third kappa shape index (κ3) is 1.29. The summed E-state index contributed by atoms with van der Waals surface area (Å²) in [6.45, 7) is 0. The molecule has 0 fully saturated rings. The van der Waals surface area contributed by atoms with Crippen molar-refractivity contribution >= 4 is 34.2 Å². The van der Waals surface area contributed by atoms with Gasteiger partial charge in [-0.15, -0.1) is 0 Å². The molecule has 0 unspecified atom stereocenters. The molecule has 0 saturated carbocycles. The molecule has 2 rings (SSSR count). The number of nitriles is 1. The van der Waals surface area contributed by atoms with E-state index in [0.717, 1.165) is 0 Å². The molecular weight excluding hydrogens is 221 g/mol. The summed E-state index contributed by atoms with van der Waals surface area (Å²) in [5.74, 6) is 0. The van der Waals surface area contributed by atoms with Gasteiger partial charge in [0.1, 0.15) is 11.6 Å². The summed E-state index contributed by atoms with van der Waals surface area (Å²) in [7, 11) is 0. The number of hydrogen-bond donors (Lipinski definition) is 0. The van der Waals surface area contributed by atoms with Gasteiger partial charge >= 0.3 is 0 Å². The second-order valence-electron chi connectivity index (χ2n) is 2.58. The van der Waals surface area contributed by atoms with Crippen LogP contribution in [0.4, 0.5) is 0 Å². The molecule has 0 aliphatic heterocycles. The Balaban J connectivity index is 2.95. The quantitative estimate of drug-likeness (QED) is 0.646. The monoisotopic (exact) mass is 223 g/mol. The van der Waals surface area contributed by atoms with Crippen molar-refractivity contribution in [2.75, 3.05) is 0 Å². The number of nitrogens with zero attached hydrogens (tertiary/aromatic N) is 3. The largest absolute Gasteiger partial charge is 0.237 e. The minimum atomic E-state index is 0.0868. The first-order valence-corrected chi connectivity index (χ1v) is 4.49. The number of hydrogen-bond acceptors (Lipinski definition) is 3. The maximum absolute atomic E-state index is 8.78. The van der Waals surface area contributed by atoms with Crippen LogP contribution < -0.4 is 0 Å². The van der Waals surface area contributed by atoms with Crippen LogP contribution in [-0.2, 0) is 0 Å². The van der Waals surface area contributed by atoms with Crippen molar-refractivity contribution in [3.8, 4) is 6.07 Å². The van der Waals surface area contributed by atoms with Crippen LogP contribution in [0.3, 0.4) is 0 Å². The van der Waals surface area contributed by atoms with Gasteiger partial charge in [0.2, 0.25) is 0 Å². The first-order valence-electron chi connectivity index (χ1n) is 3.74. The van der Waals surface area contributed by atoms with Crippen LogP contribution in [0, 0.1) is 11.3 Å². The van der Waals surface area contributed by atoms with Gasteiger partial charge in [-0.3, -0.25) is 0 Å². The molecule has 0 aromatic carbocycles. The van der Waals surface area contributed by atoms with E-state index in [2.05, 4.69) is 9.97 Å². The molecule has 2 heterocycles. The van der Waals surface area contributed by atoms with E-state index in [0.29, 0.717) is 16.1 Å². The first kappa shape index (κ1) is 9.20. The lowest BCUT2D eigenvalue weighted by Gasteiger charge is -2.01. The van der Waals surface area contributed by atoms with Gasteiger partial charge in [-0.2, -0.15) is 5.26 Å². The third-order valence-corrected chi connectivity index (χ3v) is 2.43. The van der Waals surface area contributed by atoms with Gasteiger partial charge in [-0.25, -0.2) is 9.97 Å². The molecule has 14 heavy (non-hydrogen) atoms. The third-order valence-electron chi connectivity index (χ3n) is 1.76. The standard InChI is InChI=1S/C9H3Cl2N3/c10-7-5-2-1-3-13-9(5)14-8(11)6(7)4-12/h1-3H. The molecule has 0 spiro atoms. The van der Waals surface area contributed by atoms with Gasteiger partial charge in [0.25, 0.3) is 0 Å². The minimum absolute atomic E-state index is 0.0868. The van der Waals surface area contributed by atoms with Crippen molar-refractivity contribution in [1.29, 1.82) is 5.26 Å². The van der Waals surface area contributed by atoms with E-state index in [-0.39, 0.29) is 10.7 Å². The van der Waals surface area contributed by atoms with E-state index < -0.39 is 0 Å². The molecule has 0 radical (unpaired) electrons. The molecule has 5 heteroatoms. The lowest BCUT2D eigenvalue weighted by Crippen LogP contribution is -1.89. The van der Waals surface area contributed by atoms with Crippen LogP contribution in [-0.4, -0.2) is 9.97 Å². The Bertz CT molecular complexity index is 545. The Morgan fingerprint density at radius 1 is 1.36 bits per heavy atom. The molecule has 0 N–H and O–H groups in total. The molecule has 0 amide bonds. The van der Waals surface area contributed by atoms with Gasteiger partial charge in [0, 0.05) is 11.6 Å². The number of fused-ring (bicyclic) bond motifs is 1. The Morgan fingerprint density at radius 3 is 2.86 bits per heavy atom.